The third-order valence-corrected chi connectivity index (χ3v) is 6.03. The predicted molar refractivity (Wildman–Crippen MR) is 113 cm³/mol. The van der Waals surface area contributed by atoms with E-state index in [1.54, 1.807) is 0 Å². The maximum Gasteiger partial charge on any atom is 0.324 e. The molecule has 2 rings (SSSR count). The fourth-order valence-electron chi connectivity index (χ4n) is 2.96. The molecular weight excluding hydrogens is 392 g/mol. The van der Waals surface area contributed by atoms with Gasteiger partial charge in [-0.15, -0.1) is 0 Å². The van der Waals surface area contributed by atoms with Gasteiger partial charge in [-0.05, 0) is 36.6 Å². The highest BCUT2D eigenvalue weighted by Crippen LogP contribution is 2.23. The Hall–Kier alpha value is -2.45. The molecule has 2 aromatic rings. The topological polar surface area (TPSA) is 102 Å². The molecule has 2 aromatic carbocycles. The van der Waals surface area contributed by atoms with Gasteiger partial charge < -0.3 is 10.1 Å². The molecular formula is C21H28N2O5S. The summed E-state index contributed by atoms with van der Waals surface area (Å²) in [4.78, 5) is 24.2. The van der Waals surface area contributed by atoms with Gasteiger partial charge in [0.15, 0.2) is 6.61 Å². The second-order valence-corrected chi connectivity index (χ2v) is 8.85. The maximum absolute atomic E-state index is 12.2. The molecule has 0 fully saturated rings. The van der Waals surface area contributed by atoms with E-state index in [9.17, 15) is 18.0 Å². The number of hydrogen-bond acceptors (Lipinski definition) is 5. The van der Waals surface area contributed by atoms with E-state index >= 15 is 0 Å². The molecule has 2 atom stereocenters. The lowest BCUT2D eigenvalue weighted by molar-refractivity contribution is -0.149. The normalized spacial score (nSPS) is 13.6. The second-order valence-electron chi connectivity index (χ2n) is 6.98. The Labute approximate surface area is 171 Å². The smallest absolute Gasteiger partial charge is 0.324 e. The summed E-state index contributed by atoms with van der Waals surface area (Å²) in [7, 11) is -3.55. The van der Waals surface area contributed by atoms with Crippen LogP contribution in [0.2, 0.25) is 0 Å². The van der Waals surface area contributed by atoms with Gasteiger partial charge in [0.25, 0.3) is 5.91 Å². The van der Waals surface area contributed by atoms with Crippen LogP contribution in [0.15, 0.2) is 42.5 Å². The van der Waals surface area contributed by atoms with E-state index in [1.165, 1.54) is 6.92 Å². The van der Waals surface area contributed by atoms with Crippen LogP contribution in [0.25, 0.3) is 10.8 Å². The Morgan fingerprint density at radius 3 is 2.48 bits per heavy atom. The highest BCUT2D eigenvalue weighted by molar-refractivity contribution is 7.89. The van der Waals surface area contributed by atoms with Crippen molar-refractivity contribution in [1.29, 1.82) is 0 Å². The van der Waals surface area contributed by atoms with Crippen molar-refractivity contribution < 1.29 is 22.7 Å². The van der Waals surface area contributed by atoms with Crippen LogP contribution in [0.5, 0.6) is 0 Å². The first kappa shape index (κ1) is 22.8. The van der Waals surface area contributed by atoms with Crippen molar-refractivity contribution in [1.82, 2.24) is 10.0 Å². The van der Waals surface area contributed by atoms with E-state index < -0.39 is 34.5 Å². The predicted octanol–water partition coefficient (Wildman–Crippen LogP) is 2.67. The van der Waals surface area contributed by atoms with Crippen LogP contribution in [-0.4, -0.2) is 38.7 Å². The van der Waals surface area contributed by atoms with Crippen LogP contribution in [0.4, 0.5) is 0 Å². The number of sulfonamides is 1. The Morgan fingerprint density at radius 2 is 1.76 bits per heavy atom. The van der Waals surface area contributed by atoms with E-state index in [0.29, 0.717) is 6.42 Å². The summed E-state index contributed by atoms with van der Waals surface area (Å²) in [5.74, 6) is -1.30. The molecule has 0 aliphatic heterocycles. The molecule has 0 bridgehead atoms. The minimum atomic E-state index is -3.55. The number of benzene rings is 2. The average Bonchev–Trinajstić information content (AvgIpc) is 2.69. The van der Waals surface area contributed by atoms with Crippen molar-refractivity contribution in [2.24, 2.45) is 0 Å². The number of amides is 1. The third kappa shape index (κ3) is 6.83. The molecule has 0 saturated heterocycles. The van der Waals surface area contributed by atoms with Crippen molar-refractivity contribution in [3.05, 3.63) is 48.0 Å². The molecule has 0 spiro atoms. The molecule has 0 aliphatic carbocycles. The fourth-order valence-corrected chi connectivity index (χ4v) is 4.38. The molecule has 8 heteroatoms. The van der Waals surface area contributed by atoms with Gasteiger partial charge >= 0.3 is 5.97 Å². The molecule has 0 heterocycles. The van der Waals surface area contributed by atoms with Gasteiger partial charge in [0.1, 0.15) is 6.04 Å². The molecule has 29 heavy (non-hydrogen) atoms. The first-order valence-electron chi connectivity index (χ1n) is 9.67. The van der Waals surface area contributed by atoms with Gasteiger partial charge in [-0.1, -0.05) is 55.8 Å². The SMILES string of the molecule is CCCCS(=O)(=O)N[C@@H](C)C(=O)OCC(=O)N[C@H](C)c1cccc2ccccc12. The monoisotopic (exact) mass is 420 g/mol. The summed E-state index contributed by atoms with van der Waals surface area (Å²) >= 11 is 0. The highest BCUT2D eigenvalue weighted by Gasteiger charge is 2.22. The Balaban J connectivity index is 1.88. The number of hydrogen-bond donors (Lipinski definition) is 2. The van der Waals surface area contributed by atoms with E-state index in [0.717, 1.165) is 22.8 Å². The van der Waals surface area contributed by atoms with E-state index in [-0.39, 0.29) is 11.8 Å². The zero-order chi connectivity index (χ0) is 21.4. The van der Waals surface area contributed by atoms with Crippen molar-refractivity contribution in [2.45, 2.75) is 45.7 Å². The molecule has 158 valence electrons. The first-order valence-corrected chi connectivity index (χ1v) is 11.3. The Morgan fingerprint density at radius 1 is 1.07 bits per heavy atom. The number of esters is 1. The van der Waals surface area contributed by atoms with Crippen LogP contribution >= 0.6 is 0 Å². The zero-order valence-corrected chi connectivity index (χ0v) is 17.8. The molecule has 1 amide bonds. The summed E-state index contributed by atoms with van der Waals surface area (Å²) in [5.41, 5.74) is 0.958. The van der Waals surface area contributed by atoms with Crippen molar-refractivity contribution in [3.8, 4) is 0 Å². The third-order valence-electron chi connectivity index (χ3n) is 4.49. The van der Waals surface area contributed by atoms with Crippen molar-refractivity contribution in [2.75, 3.05) is 12.4 Å². The minimum Gasteiger partial charge on any atom is -0.454 e. The van der Waals surface area contributed by atoms with Gasteiger partial charge in [-0.3, -0.25) is 9.59 Å². The van der Waals surface area contributed by atoms with Gasteiger partial charge in [0.2, 0.25) is 10.0 Å². The number of unbranched alkanes of at least 4 members (excludes halogenated alkanes) is 1. The Kier molecular flexibility index (Phi) is 8.16. The van der Waals surface area contributed by atoms with E-state index in [4.69, 9.17) is 4.74 Å². The lowest BCUT2D eigenvalue weighted by atomic mass is 10.00. The Bertz CT molecular complexity index is 953. The number of nitrogens with one attached hydrogen (secondary N) is 2. The summed E-state index contributed by atoms with van der Waals surface area (Å²) < 4.78 is 30.9. The quantitative estimate of drug-likeness (QED) is 0.576. The second kappa shape index (κ2) is 10.4. The first-order chi connectivity index (χ1) is 13.7. The van der Waals surface area contributed by atoms with Crippen LogP contribution < -0.4 is 10.0 Å². The number of carbonyl (C=O) groups excluding carboxylic acids is 2. The maximum atomic E-state index is 12.2. The minimum absolute atomic E-state index is 0.0514. The fraction of sp³-hybridized carbons (Fsp3) is 0.429. The van der Waals surface area contributed by atoms with Gasteiger partial charge in [0, 0.05) is 0 Å². The highest BCUT2D eigenvalue weighted by atomic mass is 32.2. The number of rotatable bonds is 10. The van der Waals surface area contributed by atoms with Gasteiger partial charge in [-0.2, -0.15) is 0 Å². The number of ether oxygens (including phenoxy) is 1. The molecule has 0 aliphatic rings. The van der Waals surface area contributed by atoms with E-state index in [1.807, 2.05) is 56.3 Å². The number of carbonyl (C=O) groups is 2. The summed E-state index contributed by atoms with van der Waals surface area (Å²) in [6.45, 7) is 4.65. The molecule has 0 saturated carbocycles. The lowest BCUT2D eigenvalue weighted by Gasteiger charge is -2.17. The van der Waals surface area contributed by atoms with Crippen LogP contribution in [0, 0.1) is 0 Å². The van der Waals surface area contributed by atoms with Gasteiger partial charge in [0.05, 0.1) is 11.8 Å². The van der Waals surface area contributed by atoms with Crippen LogP contribution in [0.3, 0.4) is 0 Å². The average molecular weight is 421 g/mol. The lowest BCUT2D eigenvalue weighted by Crippen LogP contribution is -2.42. The van der Waals surface area contributed by atoms with Crippen LogP contribution in [0.1, 0.15) is 45.2 Å². The van der Waals surface area contributed by atoms with Crippen LogP contribution in [-0.2, 0) is 24.3 Å². The molecule has 0 radical (unpaired) electrons. The van der Waals surface area contributed by atoms with E-state index in [2.05, 4.69) is 10.0 Å². The molecule has 0 aromatic heterocycles. The molecule has 7 nitrogen and oxygen atoms in total. The van der Waals surface area contributed by atoms with Crippen molar-refractivity contribution >= 4 is 32.7 Å². The largest absolute Gasteiger partial charge is 0.454 e. The summed E-state index contributed by atoms with van der Waals surface area (Å²) in [6, 6.07) is 12.4. The molecule has 2 N–H and O–H groups in total. The summed E-state index contributed by atoms with van der Waals surface area (Å²) in [6.07, 6.45) is 1.24. The van der Waals surface area contributed by atoms with Crippen molar-refractivity contribution in [3.63, 3.8) is 0 Å². The zero-order valence-electron chi connectivity index (χ0n) is 17.0. The van der Waals surface area contributed by atoms with Gasteiger partial charge in [-0.25, -0.2) is 13.1 Å². The molecule has 0 unspecified atom stereocenters. The number of fused-ring (bicyclic) bond motifs is 1. The standard InChI is InChI=1S/C21H28N2O5S/c1-4-5-13-29(26,27)23-16(3)21(25)28-14-20(24)22-15(2)18-12-8-10-17-9-6-7-11-19(17)18/h6-12,15-16,23H,4-5,13-14H2,1-3H3,(H,22,24)/t15-,16+/m1/s1. The summed E-state index contributed by atoms with van der Waals surface area (Å²) in [5, 5.41) is 4.91.